The number of phenols is 1. The fraction of sp³-hybridized carbons (Fsp3) is 0.160. The topological polar surface area (TPSA) is 97.2 Å². The Labute approximate surface area is 204 Å². The maximum Gasteiger partial charge on any atom is 0.258 e. The molecule has 0 aliphatic heterocycles. The number of anilines is 1. The third-order valence-electron chi connectivity index (χ3n) is 4.85. The van der Waals surface area contributed by atoms with Crippen LogP contribution in [0, 0.1) is 6.92 Å². The highest BCUT2D eigenvalue weighted by molar-refractivity contribution is 7.96. The van der Waals surface area contributed by atoms with E-state index < -0.39 is 10.0 Å². The van der Waals surface area contributed by atoms with Gasteiger partial charge in [0.15, 0.2) is 11.5 Å². The van der Waals surface area contributed by atoms with Crippen molar-refractivity contribution in [1.82, 2.24) is 0 Å². The van der Waals surface area contributed by atoms with E-state index in [1.807, 2.05) is 38.1 Å². The Kier molecular flexibility index (Phi) is 7.86. The van der Waals surface area contributed by atoms with Crippen LogP contribution >= 0.6 is 11.6 Å². The Bertz CT molecular complexity index is 1320. The van der Waals surface area contributed by atoms with Crippen molar-refractivity contribution in [2.24, 2.45) is 4.99 Å². The van der Waals surface area contributed by atoms with E-state index in [1.54, 1.807) is 12.2 Å². The lowest BCUT2D eigenvalue weighted by molar-refractivity contribution is 0.284. The number of nitrogens with one attached hydrogen (secondary N) is 1. The molecule has 0 bridgehead atoms. The summed E-state index contributed by atoms with van der Waals surface area (Å²) in [5.41, 5.74) is 2.65. The molecule has 0 radical (unpaired) electrons. The van der Waals surface area contributed by atoms with Crippen LogP contribution in [0.4, 0.5) is 11.4 Å². The predicted octanol–water partition coefficient (Wildman–Crippen LogP) is 6.15. The highest BCUT2D eigenvalue weighted by Crippen LogP contribution is 2.39. The van der Waals surface area contributed by atoms with Gasteiger partial charge in [-0.25, -0.2) is 8.42 Å². The van der Waals surface area contributed by atoms with Crippen LogP contribution in [0.15, 0.2) is 88.2 Å². The lowest BCUT2D eigenvalue weighted by Crippen LogP contribution is -2.15. The molecule has 178 valence electrons. The summed E-state index contributed by atoms with van der Waals surface area (Å²) in [6.07, 6.45) is 6.45. The zero-order valence-corrected chi connectivity index (χ0v) is 20.6. The Hall–Kier alpha value is -3.49. The summed E-state index contributed by atoms with van der Waals surface area (Å²) in [6, 6.07) is 10.1. The quantitative estimate of drug-likeness (QED) is 0.334. The van der Waals surface area contributed by atoms with E-state index in [9.17, 15) is 13.5 Å². The number of benzene rings is 2. The molecule has 0 heterocycles. The first-order valence-corrected chi connectivity index (χ1v) is 12.1. The second-order valence-corrected chi connectivity index (χ2v) is 9.70. The molecule has 2 N–H and O–H groups in total. The number of aliphatic imine (C=N–C) groups is 1. The molecule has 2 aromatic carbocycles. The fourth-order valence-corrected chi connectivity index (χ4v) is 4.48. The van der Waals surface area contributed by atoms with Gasteiger partial charge >= 0.3 is 0 Å². The minimum absolute atomic E-state index is 0.00814. The number of halogens is 1. The summed E-state index contributed by atoms with van der Waals surface area (Å²) in [4.78, 5) is 4.42. The summed E-state index contributed by atoms with van der Waals surface area (Å²) in [5.74, 6) is 0.221. The SMILES string of the molecule is C=C(/C=N\c1ccccc1C)Oc1c(O)cc(NS(=O)(=O)C2=CC=C(C)C=C(OC)C2)cc1Cl. The second kappa shape index (κ2) is 10.6. The monoisotopic (exact) mass is 500 g/mol. The number of hydrogen-bond acceptors (Lipinski definition) is 6. The summed E-state index contributed by atoms with van der Waals surface area (Å²) in [7, 11) is -2.46. The van der Waals surface area contributed by atoms with Crippen molar-refractivity contribution >= 4 is 39.2 Å². The van der Waals surface area contributed by atoms with Gasteiger partial charge in [-0.2, -0.15) is 0 Å². The molecule has 0 unspecified atom stereocenters. The highest BCUT2D eigenvalue weighted by atomic mass is 35.5. The van der Waals surface area contributed by atoms with Gasteiger partial charge < -0.3 is 14.6 Å². The van der Waals surface area contributed by atoms with Gasteiger partial charge in [0, 0.05) is 12.5 Å². The number of allylic oxidation sites excluding steroid dienone is 6. The van der Waals surface area contributed by atoms with Gasteiger partial charge in [0.1, 0.15) is 11.5 Å². The van der Waals surface area contributed by atoms with Crippen molar-refractivity contribution in [3.8, 4) is 11.5 Å². The molecule has 0 spiro atoms. The number of rotatable bonds is 8. The molecule has 0 fully saturated rings. The van der Waals surface area contributed by atoms with Crippen molar-refractivity contribution in [3.63, 3.8) is 0 Å². The van der Waals surface area contributed by atoms with Gasteiger partial charge in [0.25, 0.3) is 10.0 Å². The van der Waals surface area contributed by atoms with Gasteiger partial charge in [-0.15, -0.1) is 0 Å². The predicted molar refractivity (Wildman–Crippen MR) is 136 cm³/mol. The van der Waals surface area contributed by atoms with Gasteiger partial charge in [-0.1, -0.05) is 42.5 Å². The summed E-state index contributed by atoms with van der Waals surface area (Å²) in [6.45, 7) is 7.53. The van der Waals surface area contributed by atoms with Crippen LogP contribution in [-0.2, 0) is 14.8 Å². The second-order valence-electron chi connectivity index (χ2n) is 7.56. The Morgan fingerprint density at radius 2 is 1.97 bits per heavy atom. The number of aryl methyl sites for hydroxylation is 1. The van der Waals surface area contributed by atoms with Crippen molar-refractivity contribution in [2.45, 2.75) is 20.3 Å². The number of nitrogens with zero attached hydrogens (tertiary/aromatic N) is 1. The minimum Gasteiger partial charge on any atom is -0.504 e. The lowest BCUT2D eigenvalue weighted by atomic mass is 10.2. The van der Waals surface area contributed by atoms with Gasteiger partial charge in [-0.05, 0) is 49.3 Å². The normalized spacial score (nSPS) is 14.1. The van der Waals surface area contributed by atoms with E-state index in [2.05, 4.69) is 16.3 Å². The molecule has 0 amide bonds. The largest absolute Gasteiger partial charge is 0.504 e. The van der Waals surface area contributed by atoms with E-state index in [0.717, 1.165) is 16.8 Å². The number of hydrogen-bond donors (Lipinski definition) is 2. The molecular weight excluding hydrogens is 476 g/mol. The molecule has 34 heavy (non-hydrogen) atoms. The molecule has 0 atom stereocenters. The molecule has 7 nitrogen and oxygen atoms in total. The van der Waals surface area contributed by atoms with E-state index in [0.29, 0.717) is 5.76 Å². The maximum absolute atomic E-state index is 12.9. The van der Waals surface area contributed by atoms with Crippen LogP contribution in [0.1, 0.15) is 18.9 Å². The average Bonchev–Trinajstić information content (AvgIpc) is 2.97. The van der Waals surface area contributed by atoms with Crippen molar-refractivity contribution in [3.05, 3.63) is 93.8 Å². The molecule has 0 saturated heterocycles. The number of ether oxygens (including phenoxy) is 2. The molecule has 0 saturated carbocycles. The van der Waals surface area contributed by atoms with Crippen molar-refractivity contribution in [2.75, 3.05) is 11.8 Å². The Balaban J connectivity index is 1.77. The van der Waals surface area contributed by atoms with Crippen LogP contribution in [0.3, 0.4) is 0 Å². The number of methoxy groups -OCH3 is 1. The van der Waals surface area contributed by atoms with Crippen LogP contribution in [0.25, 0.3) is 0 Å². The zero-order valence-electron chi connectivity index (χ0n) is 19.0. The van der Waals surface area contributed by atoms with Crippen LogP contribution in [0.2, 0.25) is 5.02 Å². The van der Waals surface area contributed by atoms with Gasteiger partial charge in [0.2, 0.25) is 0 Å². The summed E-state index contributed by atoms with van der Waals surface area (Å²) >= 11 is 6.27. The van der Waals surface area contributed by atoms with Crippen LogP contribution < -0.4 is 9.46 Å². The number of phenolic OH excluding ortho intramolecular Hbond substituents is 1. The number of para-hydroxylation sites is 1. The van der Waals surface area contributed by atoms with Gasteiger partial charge in [-0.3, -0.25) is 9.71 Å². The molecule has 3 rings (SSSR count). The van der Waals surface area contributed by atoms with Gasteiger partial charge in [0.05, 0.1) is 34.6 Å². The van der Waals surface area contributed by atoms with Crippen molar-refractivity contribution < 1.29 is 23.0 Å². The van der Waals surface area contributed by atoms with E-state index in [4.69, 9.17) is 21.1 Å². The summed E-state index contributed by atoms with van der Waals surface area (Å²) in [5, 5.41) is 10.4. The number of sulfonamides is 1. The Morgan fingerprint density at radius 3 is 2.65 bits per heavy atom. The molecule has 9 heteroatoms. The van der Waals surface area contributed by atoms with Crippen LogP contribution in [0.5, 0.6) is 11.5 Å². The highest BCUT2D eigenvalue weighted by Gasteiger charge is 2.22. The molecule has 2 aromatic rings. The smallest absolute Gasteiger partial charge is 0.258 e. The van der Waals surface area contributed by atoms with Crippen LogP contribution in [-0.4, -0.2) is 26.8 Å². The lowest BCUT2D eigenvalue weighted by Gasteiger charge is -2.14. The molecule has 0 aromatic heterocycles. The Morgan fingerprint density at radius 1 is 1.24 bits per heavy atom. The fourth-order valence-electron chi connectivity index (χ4n) is 3.09. The number of aromatic hydroxyl groups is 1. The maximum atomic E-state index is 12.9. The minimum atomic E-state index is -3.94. The first-order chi connectivity index (χ1) is 16.1. The van der Waals surface area contributed by atoms with E-state index in [-0.39, 0.29) is 39.3 Å². The zero-order chi connectivity index (χ0) is 24.9. The summed E-state index contributed by atoms with van der Waals surface area (Å²) < 4.78 is 39.1. The molecule has 1 aliphatic carbocycles. The van der Waals surface area contributed by atoms with Crippen molar-refractivity contribution in [1.29, 1.82) is 0 Å². The average molecular weight is 501 g/mol. The first kappa shape index (κ1) is 25.1. The standard InChI is InChI=1S/C25H25ClN2O5S/c1-16-9-10-21(14-20(11-16)32-4)34(30,31)28-19-12-22(26)25(24(29)13-19)33-18(3)15-27-23-8-6-5-7-17(23)2/h5-13,15,28-29H,3,14H2,1-2,4H3/b27-15-. The molecule has 1 aliphatic rings. The first-order valence-electron chi connectivity index (χ1n) is 10.2. The third-order valence-corrected chi connectivity index (χ3v) is 6.60. The van der Waals surface area contributed by atoms with E-state index >= 15 is 0 Å². The molecular formula is C25H25ClN2O5S. The van der Waals surface area contributed by atoms with E-state index in [1.165, 1.54) is 31.5 Å². The third kappa shape index (κ3) is 6.30.